The van der Waals surface area contributed by atoms with Gasteiger partial charge in [0.2, 0.25) is 0 Å². The molecule has 0 aliphatic rings. The fourth-order valence-corrected chi connectivity index (χ4v) is 4.09. The van der Waals surface area contributed by atoms with Crippen LogP contribution in [0, 0.1) is 0 Å². The van der Waals surface area contributed by atoms with Gasteiger partial charge in [-0.25, -0.2) is 18.0 Å². The second-order valence-electron chi connectivity index (χ2n) is 10.2. The first kappa shape index (κ1) is 43.4. The Hall–Kier alpha value is -1.77. The molecule has 2 aromatic carbocycles. The zero-order chi connectivity index (χ0) is 33.1. The van der Waals surface area contributed by atoms with E-state index in [-0.39, 0.29) is 18.4 Å². The molecule has 43 heavy (non-hydrogen) atoms. The molecule has 0 aliphatic heterocycles. The third-order valence-corrected chi connectivity index (χ3v) is 6.24. The first-order chi connectivity index (χ1) is 18.9. The molecule has 0 radical (unpaired) electrons. The quantitative estimate of drug-likeness (QED) is 0.276. The highest BCUT2D eigenvalue weighted by molar-refractivity contribution is 9.10. The van der Waals surface area contributed by atoms with Crippen LogP contribution >= 0.6 is 48.0 Å². The van der Waals surface area contributed by atoms with Gasteiger partial charge in [-0.05, 0) is 91.8 Å². The summed E-state index contributed by atoms with van der Waals surface area (Å²) in [7, 11) is 6.28. The maximum absolute atomic E-state index is 12.1. The van der Waals surface area contributed by atoms with Crippen molar-refractivity contribution in [3.8, 4) is 0 Å². The van der Waals surface area contributed by atoms with E-state index < -0.39 is 34.6 Å². The van der Waals surface area contributed by atoms with Crippen molar-refractivity contribution in [1.29, 1.82) is 0 Å². The minimum absolute atomic E-state index is 0. The van der Waals surface area contributed by atoms with E-state index in [0.717, 1.165) is 10.2 Å². The monoisotopic (exact) mass is 768 g/mol. The van der Waals surface area contributed by atoms with Crippen LogP contribution in [0.15, 0.2) is 57.9 Å². The van der Waals surface area contributed by atoms with Crippen molar-refractivity contribution in [2.24, 2.45) is 0 Å². The Morgan fingerprint density at radius 1 is 0.744 bits per heavy atom. The number of ether oxygens (including phenoxy) is 2. The average Bonchev–Trinajstić information content (AvgIpc) is 2.77. The van der Waals surface area contributed by atoms with Gasteiger partial charge in [-0.3, -0.25) is 9.80 Å². The number of hydrogen-bond acceptors (Lipinski definition) is 8. The van der Waals surface area contributed by atoms with E-state index in [1.165, 1.54) is 23.1 Å². The van der Waals surface area contributed by atoms with Crippen molar-refractivity contribution in [2.75, 3.05) is 22.9 Å². The van der Waals surface area contributed by atoms with Gasteiger partial charge in [0.15, 0.2) is 0 Å². The molecule has 2 aromatic rings. The molecular weight excluding hydrogens is 731 g/mol. The fourth-order valence-electron chi connectivity index (χ4n) is 2.92. The Morgan fingerprint density at radius 2 is 1.09 bits per heavy atom. The molecule has 246 valence electrons. The lowest BCUT2D eigenvalue weighted by Gasteiger charge is -2.26. The molecule has 0 spiro atoms. The largest absolute Gasteiger partial charge is 0.443 e. The van der Waals surface area contributed by atoms with Crippen molar-refractivity contribution >= 4 is 88.9 Å². The molecule has 10 nitrogen and oxygen atoms in total. The van der Waals surface area contributed by atoms with E-state index in [2.05, 4.69) is 37.3 Å². The maximum Gasteiger partial charge on any atom is 0.414 e. The summed E-state index contributed by atoms with van der Waals surface area (Å²) >= 11 is 3.39. The van der Waals surface area contributed by atoms with E-state index in [1.54, 1.807) is 38.7 Å². The molecule has 0 fully saturated rings. The average molecular weight is 771 g/mol. The molecule has 0 N–H and O–H groups in total. The van der Waals surface area contributed by atoms with Crippen LogP contribution in [-0.2, 0) is 26.8 Å². The Balaban J connectivity index is 0. The molecular formula is C27H40BrCl3N2O8S2. The summed E-state index contributed by atoms with van der Waals surface area (Å²) < 4.78 is 52.6. The van der Waals surface area contributed by atoms with Gasteiger partial charge in [0.25, 0.3) is 9.05 Å². The SMILES string of the molecule is C.CCN(C(=O)OC(C)(C)C)c1cccc(Br)c1.CCN(C(=O)OC(C)(C)C)c1cccc(S(=O)(=O)Cl)c1.O=S(=O)(Cl)Cl. The number of carbonyl (C=O) groups is 2. The predicted molar refractivity (Wildman–Crippen MR) is 179 cm³/mol. The standard InChI is InChI=1S/C13H18BrNO2.C13H18ClNO4S.CH4.Cl2O2S/c1-5-15(12(16)17-13(2,3)4)11-8-6-7-10(14)9-11;1-5-15(12(16)19-13(2,3)4)10-7-6-8-11(9-10)20(14,17)18;;1-5(2,3)4/h6-9H,5H2,1-4H3;6-9H,5H2,1-4H3;1H4;. The van der Waals surface area contributed by atoms with Gasteiger partial charge in [0.1, 0.15) is 11.2 Å². The number of rotatable bonds is 5. The number of amides is 2. The lowest BCUT2D eigenvalue weighted by Crippen LogP contribution is -2.36. The highest BCUT2D eigenvalue weighted by Gasteiger charge is 2.24. The first-order valence-corrected chi connectivity index (χ1v) is 18.6. The maximum atomic E-state index is 12.1. The molecule has 0 saturated carbocycles. The van der Waals surface area contributed by atoms with Crippen LogP contribution in [0.25, 0.3) is 0 Å². The lowest BCUT2D eigenvalue weighted by molar-refractivity contribution is 0.0571. The summed E-state index contributed by atoms with van der Waals surface area (Å²) in [6.07, 6.45) is -0.859. The summed E-state index contributed by atoms with van der Waals surface area (Å²) in [6.45, 7) is 15.5. The number of carbonyl (C=O) groups excluding carboxylic acids is 2. The van der Waals surface area contributed by atoms with Gasteiger partial charge in [-0.15, -0.1) is 0 Å². The molecule has 0 aliphatic carbocycles. The van der Waals surface area contributed by atoms with Gasteiger partial charge in [0.05, 0.1) is 4.90 Å². The van der Waals surface area contributed by atoms with Crippen LogP contribution in [0.1, 0.15) is 62.8 Å². The Morgan fingerprint density at radius 3 is 1.40 bits per heavy atom. The Kier molecular flexibility index (Phi) is 18.4. The van der Waals surface area contributed by atoms with Crippen molar-refractivity contribution < 1.29 is 35.9 Å². The number of nitrogens with zero attached hydrogens (tertiary/aromatic N) is 2. The normalized spacial score (nSPS) is 11.3. The molecule has 2 amide bonds. The smallest absolute Gasteiger partial charge is 0.414 e. The summed E-state index contributed by atoms with van der Waals surface area (Å²) in [5.41, 5.74) is 0.150. The summed E-state index contributed by atoms with van der Waals surface area (Å²) in [5.74, 6) is 0. The second-order valence-corrected chi connectivity index (χ2v) is 17.4. The topological polar surface area (TPSA) is 127 Å². The summed E-state index contributed by atoms with van der Waals surface area (Å²) in [4.78, 5) is 27.0. The summed E-state index contributed by atoms with van der Waals surface area (Å²) in [5, 5.41) is 0. The zero-order valence-corrected chi connectivity index (χ0v) is 30.0. The molecule has 0 unspecified atom stereocenters. The van der Waals surface area contributed by atoms with Gasteiger partial charge in [0, 0.05) is 61.0 Å². The van der Waals surface area contributed by atoms with Crippen molar-refractivity contribution in [3.63, 3.8) is 0 Å². The molecule has 0 aromatic heterocycles. The molecule has 0 saturated heterocycles. The highest BCUT2D eigenvalue weighted by Crippen LogP contribution is 2.24. The van der Waals surface area contributed by atoms with E-state index >= 15 is 0 Å². The lowest BCUT2D eigenvalue weighted by atomic mass is 10.2. The fraction of sp³-hybridized carbons (Fsp3) is 0.481. The minimum Gasteiger partial charge on any atom is -0.443 e. The first-order valence-electron chi connectivity index (χ1n) is 12.3. The Bertz CT molecular complexity index is 1400. The minimum atomic E-state index is -3.83. The number of hydrogen-bond donors (Lipinski definition) is 0. The number of anilines is 2. The predicted octanol–water partition coefficient (Wildman–Crippen LogP) is 8.93. The van der Waals surface area contributed by atoms with Gasteiger partial charge >= 0.3 is 20.5 Å². The molecule has 0 atom stereocenters. The van der Waals surface area contributed by atoms with Crippen LogP contribution in [-0.4, -0.2) is 53.3 Å². The van der Waals surface area contributed by atoms with Crippen LogP contribution in [0.4, 0.5) is 21.0 Å². The van der Waals surface area contributed by atoms with E-state index in [9.17, 15) is 18.0 Å². The van der Waals surface area contributed by atoms with Crippen LogP contribution in [0.5, 0.6) is 0 Å². The van der Waals surface area contributed by atoms with Crippen LogP contribution < -0.4 is 9.80 Å². The van der Waals surface area contributed by atoms with Gasteiger partial charge in [-0.1, -0.05) is 35.5 Å². The third-order valence-electron chi connectivity index (χ3n) is 4.39. The van der Waals surface area contributed by atoms with Crippen molar-refractivity contribution in [2.45, 2.75) is 78.9 Å². The van der Waals surface area contributed by atoms with Gasteiger partial charge < -0.3 is 9.47 Å². The molecule has 2 rings (SSSR count). The molecule has 16 heteroatoms. The molecule has 0 bridgehead atoms. The Labute approximate surface area is 278 Å². The van der Waals surface area contributed by atoms with E-state index in [0.29, 0.717) is 18.8 Å². The van der Waals surface area contributed by atoms with E-state index in [4.69, 9.17) is 28.6 Å². The van der Waals surface area contributed by atoms with E-state index in [1.807, 2.05) is 52.0 Å². The number of halogens is 4. The summed E-state index contributed by atoms with van der Waals surface area (Å²) in [6, 6.07) is 13.5. The zero-order valence-electron chi connectivity index (χ0n) is 24.5. The van der Waals surface area contributed by atoms with Crippen LogP contribution in [0.2, 0.25) is 0 Å². The third kappa shape index (κ3) is 20.0. The highest BCUT2D eigenvalue weighted by atomic mass is 79.9. The van der Waals surface area contributed by atoms with Crippen LogP contribution in [0.3, 0.4) is 0 Å². The van der Waals surface area contributed by atoms with Gasteiger partial charge in [-0.2, -0.15) is 8.42 Å². The van der Waals surface area contributed by atoms with Crippen molar-refractivity contribution in [1.82, 2.24) is 0 Å². The van der Waals surface area contributed by atoms with Crippen molar-refractivity contribution in [3.05, 3.63) is 53.0 Å². The second kappa shape index (κ2) is 18.3. The number of benzene rings is 2. The molecule has 0 heterocycles.